The highest BCUT2D eigenvalue weighted by molar-refractivity contribution is 9.10. The minimum absolute atomic E-state index is 0.0145. The number of aromatic nitrogens is 2. The van der Waals surface area contributed by atoms with Gasteiger partial charge >= 0.3 is 0 Å². The number of nitrogens with zero attached hydrogens (tertiary/aromatic N) is 2. The van der Waals surface area contributed by atoms with Crippen LogP contribution in [-0.2, 0) is 25.3 Å². The van der Waals surface area contributed by atoms with Crippen LogP contribution in [0.1, 0.15) is 16.8 Å². The number of thioether (sulfide) groups is 1. The molecule has 0 saturated heterocycles. The van der Waals surface area contributed by atoms with E-state index in [-0.39, 0.29) is 6.61 Å². The van der Waals surface area contributed by atoms with Crippen LogP contribution in [0.5, 0.6) is 0 Å². The second-order valence-corrected chi connectivity index (χ2v) is 7.35. The van der Waals surface area contributed by atoms with Crippen molar-refractivity contribution < 1.29 is 5.11 Å². The van der Waals surface area contributed by atoms with E-state index in [4.69, 9.17) is 0 Å². The minimum atomic E-state index is 0.0145. The molecule has 0 unspecified atom stereocenters. The Morgan fingerprint density at radius 1 is 1.00 bits per heavy atom. The van der Waals surface area contributed by atoms with Gasteiger partial charge in [0, 0.05) is 16.8 Å². The Bertz CT molecular complexity index is 772. The third kappa shape index (κ3) is 4.50. The van der Waals surface area contributed by atoms with Crippen LogP contribution in [0.15, 0.2) is 70.4 Å². The number of hydrogen-bond acceptors (Lipinski definition) is 3. The molecule has 0 saturated carbocycles. The molecule has 0 radical (unpaired) electrons. The Morgan fingerprint density at radius 3 is 2.46 bits per heavy atom. The van der Waals surface area contributed by atoms with Crippen LogP contribution in [-0.4, -0.2) is 14.7 Å². The number of aliphatic hydroxyl groups excluding tert-OH is 1. The van der Waals surface area contributed by atoms with Crippen molar-refractivity contribution in [3.63, 3.8) is 0 Å². The van der Waals surface area contributed by atoms with E-state index in [2.05, 4.69) is 74.0 Å². The van der Waals surface area contributed by atoms with E-state index in [1.54, 1.807) is 18.0 Å². The topological polar surface area (TPSA) is 38.1 Å². The quantitative estimate of drug-likeness (QED) is 0.583. The number of halogens is 1. The summed E-state index contributed by atoms with van der Waals surface area (Å²) in [6.45, 7) is 0.837. The summed E-state index contributed by atoms with van der Waals surface area (Å²) in [6, 6.07) is 18.7. The van der Waals surface area contributed by atoms with Gasteiger partial charge in [0.05, 0.1) is 18.5 Å². The van der Waals surface area contributed by atoms with E-state index in [0.717, 1.165) is 34.0 Å². The van der Waals surface area contributed by atoms with Gasteiger partial charge in [-0.25, -0.2) is 4.98 Å². The lowest BCUT2D eigenvalue weighted by atomic mass is 10.1. The van der Waals surface area contributed by atoms with E-state index >= 15 is 0 Å². The number of benzene rings is 2. The van der Waals surface area contributed by atoms with Crippen LogP contribution < -0.4 is 0 Å². The van der Waals surface area contributed by atoms with Gasteiger partial charge in [0.1, 0.15) is 0 Å². The van der Waals surface area contributed by atoms with Gasteiger partial charge in [-0.15, -0.1) is 0 Å². The fraction of sp³-hybridized carbons (Fsp3) is 0.211. The standard InChI is InChI=1S/C19H19BrN2OS/c20-17-8-6-16(7-9-17)14-24-19-21-12-18(13-23)22(19)11-10-15-4-2-1-3-5-15/h1-9,12,23H,10-11,13-14H2. The van der Waals surface area contributed by atoms with Crippen LogP contribution >= 0.6 is 27.7 Å². The summed E-state index contributed by atoms with van der Waals surface area (Å²) in [6.07, 6.45) is 2.70. The monoisotopic (exact) mass is 402 g/mol. The van der Waals surface area contributed by atoms with Crippen molar-refractivity contribution in [1.82, 2.24) is 9.55 Å². The highest BCUT2D eigenvalue weighted by atomic mass is 79.9. The van der Waals surface area contributed by atoms with E-state index in [1.807, 2.05) is 6.07 Å². The van der Waals surface area contributed by atoms with Crippen LogP contribution in [0.3, 0.4) is 0 Å². The maximum Gasteiger partial charge on any atom is 0.168 e. The summed E-state index contributed by atoms with van der Waals surface area (Å²) in [4.78, 5) is 4.49. The van der Waals surface area contributed by atoms with Gasteiger partial charge in [-0.2, -0.15) is 0 Å². The summed E-state index contributed by atoms with van der Waals surface area (Å²) in [5, 5.41) is 10.5. The summed E-state index contributed by atoms with van der Waals surface area (Å²) in [5.74, 6) is 0.862. The number of aliphatic hydroxyl groups is 1. The number of hydrogen-bond donors (Lipinski definition) is 1. The molecule has 0 aliphatic carbocycles. The number of rotatable bonds is 7. The van der Waals surface area contributed by atoms with Gasteiger partial charge in [0.2, 0.25) is 0 Å². The van der Waals surface area contributed by atoms with Crippen LogP contribution in [0.2, 0.25) is 0 Å². The molecular weight excluding hydrogens is 384 g/mol. The largest absolute Gasteiger partial charge is 0.390 e. The maximum absolute atomic E-state index is 9.57. The molecular formula is C19H19BrN2OS. The lowest BCUT2D eigenvalue weighted by Gasteiger charge is -2.11. The second kappa shape index (κ2) is 8.51. The molecule has 0 spiro atoms. The molecule has 24 heavy (non-hydrogen) atoms. The average Bonchev–Trinajstić information content (AvgIpc) is 3.02. The first-order chi connectivity index (χ1) is 11.8. The summed E-state index contributed by atoms with van der Waals surface area (Å²) < 4.78 is 3.21. The zero-order valence-electron chi connectivity index (χ0n) is 13.2. The lowest BCUT2D eigenvalue weighted by Crippen LogP contribution is -2.07. The predicted molar refractivity (Wildman–Crippen MR) is 102 cm³/mol. The molecule has 5 heteroatoms. The summed E-state index contributed by atoms with van der Waals surface area (Å²) in [5.41, 5.74) is 3.41. The van der Waals surface area contributed by atoms with Gasteiger partial charge in [-0.05, 0) is 29.7 Å². The van der Waals surface area contributed by atoms with Crippen molar-refractivity contribution in [1.29, 1.82) is 0 Å². The van der Waals surface area contributed by atoms with Crippen LogP contribution in [0.4, 0.5) is 0 Å². The van der Waals surface area contributed by atoms with E-state index in [0.29, 0.717) is 0 Å². The average molecular weight is 403 g/mol. The van der Waals surface area contributed by atoms with Gasteiger partial charge in [-0.3, -0.25) is 0 Å². The van der Waals surface area contributed by atoms with E-state index in [1.165, 1.54) is 11.1 Å². The Labute approximate surface area is 154 Å². The normalized spacial score (nSPS) is 10.9. The summed E-state index contributed by atoms with van der Waals surface area (Å²) in [7, 11) is 0. The Morgan fingerprint density at radius 2 is 1.75 bits per heavy atom. The fourth-order valence-electron chi connectivity index (χ4n) is 2.49. The van der Waals surface area contributed by atoms with Crippen molar-refractivity contribution in [2.75, 3.05) is 0 Å². The van der Waals surface area contributed by atoms with Crippen LogP contribution in [0.25, 0.3) is 0 Å². The zero-order valence-corrected chi connectivity index (χ0v) is 15.6. The molecule has 0 fully saturated rings. The number of imidazole rings is 1. The van der Waals surface area contributed by atoms with Gasteiger partial charge in [-0.1, -0.05) is 70.2 Å². The van der Waals surface area contributed by atoms with Crippen LogP contribution in [0, 0.1) is 0 Å². The minimum Gasteiger partial charge on any atom is -0.390 e. The SMILES string of the molecule is OCc1cnc(SCc2ccc(Br)cc2)n1CCc1ccccc1. The third-order valence-corrected chi connectivity index (χ3v) is 5.40. The van der Waals surface area contributed by atoms with Gasteiger partial charge < -0.3 is 9.67 Å². The van der Waals surface area contributed by atoms with Crippen molar-refractivity contribution in [2.45, 2.75) is 30.5 Å². The van der Waals surface area contributed by atoms with Crippen molar-refractivity contribution in [2.24, 2.45) is 0 Å². The van der Waals surface area contributed by atoms with Gasteiger partial charge in [0.15, 0.2) is 5.16 Å². The predicted octanol–water partition coefficient (Wildman–Crippen LogP) is 4.67. The zero-order chi connectivity index (χ0) is 16.8. The molecule has 0 aliphatic heterocycles. The Balaban J connectivity index is 1.69. The second-order valence-electron chi connectivity index (χ2n) is 5.49. The summed E-state index contributed by atoms with van der Waals surface area (Å²) >= 11 is 5.16. The molecule has 1 heterocycles. The smallest absolute Gasteiger partial charge is 0.168 e. The first kappa shape index (κ1) is 17.3. The number of aryl methyl sites for hydroxylation is 1. The molecule has 0 bridgehead atoms. The molecule has 1 N–H and O–H groups in total. The van der Waals surface area contributed by atoms with Crippen molar-refractivity contribution in [3.05, 3.63) is 82.1 Å². The first-order valence-corrected chi connectivity index (χ1v) is 9.60. The first-order valence-electron chi connectivity index (χ1n) is 7.82. The fourth-order valence-corrected chi connectivity index (χ4v) is 3.73. The van der Waals surface area contributed by atoms with E-state index in [9.17, 15) is 5.11 Å². The van der Waals surface area contributed by atoms with Crippen molar-refractivity contribution >= 4 is 27.7 Å². The molecule has 0 aliphatic rings. The third-order valence-electron chi connectivity index (χ3n) is 3.81. The highest BCUT2D eigenvalue weighted by Gasteiger charge is 2.10. The lowest BCUT2D eigenvalue weighted by molar-refractivity contribution is 0.269. The Hall–Kier alpha value is -1.56. The maximum atomic E-state index is 9.57. The molecule has 1 aromatic heterocycles. The molecule has 0 atom stereocenters. The molecule has 2 aromatic carbocycles. The van der Waals surface area contributed by atoms with E-state index < -0.39 is 0 Å². The molecule has 0 amide bonds. The van der Waals surface area contributed by atoms with Crippen molar-refractivity contribution in [3.8, 4) is 0 Å². The molecule has 3 nitrogen and oxygen atoms in total. The molecule has 3 rings (SSSR count). The highest BCUT2D eigenvalue weighted by Crippen LogP contribution is 2.24. The molecule has 3 aromatic rings. The molecule has 124 valence electrons. The van der Waals surface area contributed by atoms with Gasteiger partial charge in [0.25, 0.3) is 0 Å². The Kier molecular flexibility index (Phi) is 6.12.